The molecule has 3 heteroatoms. The lowest BCUT2D eigenvalue weighted by Gasteiger charge is -2.17. The van der Waals surface area contributed by atoms with Crippen LogP contribution in [0.3, 0.4) is 0 Å². The van der Waals surface area contributed by atoms with Gasteiger partial charge in [-0.25, -0.2) is 4.79 Å². The van der Waals surface area contributed by atoms with E-state index in [0.717, 1.165) is 0 Å². The predicted octanol–water partition coefficient (Wildman–Crippen LogP) is 2.80. The molecule has 0 fully saturated rings. The Bertz CT molecular complexity index is 154. The van der Waals surface area contributed by atoms with Crippen LogP contribution >= 0.6 is 0 Å². The Morgan fingerprint density at radius 2 is 1.69 bits per heavy atom. The van der Waals surface area contributed by atoms with Crippen LogP contribution in [0.25, 0.3) is 0 Å². The molecule has 0 unspecified atom stereocenters. The molecule has 0 rings (SSSR count). The quantitative estimate of drug-likeness (QED) is 0.635. The van der Waals surface area contributed by atoms with Gasteiger partial charge in [0.2, 0.25) is 0 Å². The van der Waals surface area contributed by atoms with Gasteiger partial charge in [-0.15, -0.1) is 0 Å². The maximum atomic E-state index is 11.1. The van der Waals surface area contributed by atoms with Gasteiger partial charge in [0, 0.05) is 0 Å². The van der Waals surface area contributed by atoms with Crippen molar-refractivity contribution in [3.63, 3.8) is 0 Å². The lowest BCUT2D eigenvalue weighted by Crippen LogP contribution is -2.23. The van der Waals surface area contributed by atoms with Crippen molar-refractivity contribution in [2.24, 2.45) is 5.92 Å². The minimum Gasteiger partial charge on any atom is -0.431 e. The van der Waals surface area contributed by atoms with E-state index in [4.69, 9.17) is 9.47 Å². The van der Waals surface area contributed by atoms with Crippen LogP contribution in [-0.4, -0.2) is 18.4 Å². The molecule has 3 nitrogen and oxygen atoms in total. The van der Waals surface area contributed by atoms with Crippen LogP contribution in [0.5, 0.6) is 0 Å². The van der Waals surface area contributed by atoms with Crippen LogP contribution in [0.4, 0.5) is 4.79 Å². The minimum atomic E-state index is -0.591. The SMILES string of the molecule is C[CH][C@H](C)OC(=O)O[C@H](C)C(C)C. The molecule has 0 aliphatic carbocycles. The molecule has 0 aromatic rings. The Morgan fingerprint density at radius 1 is 1.15 bits per heavy atom. The third-order valence-electron chi connectivity index (χ3n) is 1.97. The fraction of sp³-hybridized carbons (Fsp3) is 0.800. The van der Waals surface area contributed by atoms with Gasteiger partial charge in [-0.1, -0.05) is 20.8 Å². The molecule has 0 bridgehead atoms. The summed E-state index contributed by atoms with van der Waals surface area (Å²) >= 11 is 0. The van der Waals surface area contributed by atoms with Crippen molar-refractivity contribution in [1.82, 2.24) is 0 Å². The van der Waals surface area contributed by atoms with Crippen LogP contribution in [0.15, 0.2) is 0 Å². The van der Waals surface area contributed by atoms with E-state index >= 15 is 0 Å². The highest BCUT2D eigenvalue weighted by Gasteiger charge is 2.15. The van der Waals surface area contributed by atoms with Crippen LogP contribution in [0.1, 0.15) is 34.6 Å². The molecule has 0 aliphatic heterocycles. The molecule has 0 aliphatic rings. The Balaban J connectivity index is 3.74. The van der Waals surface area contributed by atoms with Gasteiger partial charge in [-0.2, -0.15) is 0 Å². The summed E-state index contributed by atoms with van der Waals surface area (Å²) in [4.78, 5) is 11.1. The zero-order valence-electron chi connectivity index (χ0n) is 9.03. The summed E-state index contributed by atoms with van der Waals surface area (Å²) in [6, 6.07) is 0. The summed E-state index contributed by atoms with van der Waals surface area (Å²) in [6.45, 7) is 9.47. The van der Waals surface area contributed by atoms with E-state index in [1.54, 1.807) is 13.3 Å². The maximum absolute atomic E-state index is 11.1. The summed E-state index contributed by atoms with van der Waals surface area (Å²) < 4.78 is 9.91. The molecule has 13 heavy (non-hydrogen) atoms. The molecule has 1 radical (unpaired) electrons. The molecule has 0 saturated carbocycles. The van der Waals surface area contributed by atoms with Gasteiger partial charge >= 0.3 is 6.16 Å². The first-order valence-electron chi connectivity index (χ1n) is 4.64. The minimum absolute atomic E-state index is 0.100. The van der Waals surface area contributed by atoms with Gasteiger partial charge in [-0.05, 0) is 26.2 Å². The van der Waals surface area contributed by atoms with Crippen molar-refractivity contribution in [3.05, 3.63) is 6.42 Å². The molecular weight excluding hydrogens is 168 g/mol. The second-order valence-corrected chi connectivity index (χ2v) is 3.47. The van der Waals surface area contributed by atoms with Crippen LogP contribution in [0, 0.1) is 12.3 Å². The molecule has 0 aromatic heterocycles. The monoisotopic (exact) mass is 187 g/mol. The molecule has 0 heterocycles. The highest BCUT2D eigenvalue weighted by Crippen LogP contribution is 2.07. The number of carbonyl (C=O) groups is 1. The first-order chi connectivity index (χ1) is 5.97. The number of ether oxygens (including phenoxy) is 2. The topological polar surface area (TPSA) is 35.5 Å². The molecule has 2 atom stereocenters. The first kappa shape index (κ1) is 12.3. The normalized spacial score (nSPS) is 15.2. The maximum Gasteiger partial charge on any atom is 0.508 e. The average Bonchev–Trinajstić information content (AvgIpc) is 2.03. The zero-order valence-corrected chi connectivity index (χ0v) is 9.03. The Hall–Kier alpha value is -0.730. The van der Waals surface area contributed by atoms with Crippen molar-refractivity contribution in [1.29, 1.82) is 0 Å². The fourth-order valence-electron chi connectivity index (χ4n) is 0.535. The van der Waals surface area contributed by atoms with Crippen molar-refractivity contribution in [3.8, 4) is 0 Å². The molecule has 0 spiro atoms. The average molecular weight is 187 g/mol. The largest absolute Gasteiger partial charge is 0.508 e. The van der Waals surface area contributed by atoms with E-state index in [9.17, 15) is 4.79 Å². The molecule has 77 valence electrons. The highest BCUT2D eigenvalue weighted by atomic mass is 16.7. The zero-order chi connectivity index (χ0) is 10.4. The number of hydrogen-bond acceptors (Lipinski definition) is 3. The second kappa shape index (κ2) is 5.84. The third-order valence-corrected chi connectivity index (χ3v) is 1.97. The third kappa shape index (κ3) is 5.50. The van der Waals surface area contributed by atoms with Crippen LogP contribution in [-0.2, 0) is 9.47 Å². The second-order valence-electron chi connectivity index (χ2n) is 3.47. The van der Waals surface area contributed by atoms with Crippen molar-refractivity contribution in [2.45, 2.75) is 46.8 Å². The Labute approximate surface area is 80.4 Å². The van der Waals surface area contributed by atoms with Gasteiger partial charge in [0.1, 0.15) is 12.2 Å². The predicted molar refractivity (Wildman–Crippen MR) is 51.3 cm³/mol. The summed E-state index contributed by atoms with van der Waals surface area (Å²) in [5, 5.41) is 0. The summed E-state index contributed by atoms with van der Waals surface area (Å²) in [6.07, 6.45) is 0.914. The van der Waals surface area contributed by atoms with E-state index in [1.807, 2.05) is 27.7 Å². The van der Waals surface area contributed by atoms with Gasteiger partial charge in [-0.3, -0.25) is 0 Å². The summed E-state index contributed by atoms with van der Waals surface area (Å²) in [5.74, 6) is 0.313. The van der Waals surface area contributed by atoms with Crippen molar-refractivity contribution < 1.29 is 14.3 Å². The first-order valence-corrected chi connectivity index (χ1v) is 4.64. The number of rotatable bonds is 4. The van der Waals surface area contributed by atoms with E-state index in [1.165, 1.54) is 0 Å². The van der Waals surface area contributed by atoms with Crippen LogP contribution in [0.2, 0.25) is 0 Å². The summed E-state index contributed by atoms with van der Waals surface area (Å²) in [7, 11) is 0. The van der Waals surface area contributed by atoms with E-state index in [-0.39, 0.29) is 12.2 Å². The summed E-state index contributed by atoms with van der Waals surface area (Å²) in [5.41, 5.74) is 0. The number of hydrogen-bond donors (Lipinski definition) is 0. The van der Waals surface area contributed by atoms with E-state index in [2.05, 4.69) is 0 Å². The molecule has 0 N–H and O–H groups in total. The molecule has 0 aromatic carbocycles. The van der Waals surface area contributed by atoms with Gasteiger partial charge < -0.3 is 9.47 Å². The Kier molecular flexibility index (Phi) is 5.51. The van der Waals surface area contributed by atoms with Crippen molar-refractivity contribution >= 4 is 6.16 Å². The molecular formula is C10H19O3. The lowest BCUT2D eigenvalue weighted by atomic mass is 10.1. The van der Waals surface area contributed by atoms with E-state index in [0.29, 0.717) is 5.92 Å². The van der Waals surface area contributed by atoms with Gasteiger partial charge in [0.05, 0.1) is 0 Å². The fourth-order valence-corrected chi connectivity index (χ4v) is 0.535. The molecule has 0 amide bonds. The van der Waals surface area contributed by atoms with Gasteiger partial charge in [0.25, 0.3) is 0 Å². The van der Waals surface area contributed by atoms with Crippen LogP contribution < -0.4 is 0 Å². The van der Waals surface area contributed by atoms with Crippen molar-refractivity contribution in [2.75, 3.05) is 0 Å². The highest BCUT2D eigenvalue weighted by molar-refractivity contribution is 5.60. The molecule has 0 saturated heterocycles. The standard InChI is InChI=1S/C10H19O3/c1-6-8(4)12-10(11)13-9(5)7(2)3/h6-9H,1-5H3/t8-,9+/m0/s1. The smallest absolute Gasteiger partial charge is 0.431 e. The Morgan fingerprint density at radius 3 is 2.08 bits per heavy atom. The van der Waals surface area contributed by atoms with Gasteiger partial charge in [0.15, 0.2) is 0 Å². The van der Waals surface area contributed by atoms with E-state index < -0.39 is 6.16 Å². The number of carbonyl (C=O) groups excluding carboxylic acids is 1. The lowest BCUT2D eigenvalue weighted by molar-refractivity contribution is 0.00228.